The zero-order valence-electron chi connectivity index (χ0n) is 12.8. The first-order chi connectivity index (χ1) is 11.4. The van der Waals surface area contributed by atoms with Crippen molar-refractivity contribution in [2.24, 2.45) is 11.8 Å². The van der Waals surface area contributed by atoms with Crippen LogP contribution in [-0.4, -0.2) is 26.8 Å². The molecule has 1 amide bonds. The van der Waals surface area contributed by atoms with Gasteiger partial charge in [0.15, 0.2) is 5.82 Å². The van der Waals surface area contributed by atoms with Crippen molar-refractivity contribution in [1.29, 1.82) is 0 Å². The fourth-order valence-electron chi connectivity index (χ4n) is 3.07. The molecular formula is C16H17F3N4O. The topological polar surface area (TPSA) is 59.8 Å². The third-order valence-corrected chi connectivity index (χ3v) is 4.28. The maximum Gasteiger partial charge on any atom is 0.392 e. The van der Waals surface area contributed by atoms with Gasteiger partial charge in [-0.1, -0.05) is 12.8 Å². The Morgan fingerprint density at radius 3 is 2.67 bits per heavy atom. The van der Waals surface area contributed by atoms with Crippen LogP contribution in [0.15, 0.2) is 36.8 Å². The van der Waals surface area contributed by atoms with Crippen LogP contribution < -0.4 is 5.32 Å². The van der Waals surface area contributed by atoms with Crippen molar-refractivity contribution in [3.05, 3.63) is 36.8 Å². The quantitative estimate of drug-likeness (QED) is 0.931. The van der Waals surface area contributed by atoms with Crippen LogP contribution in [0, 0.1) is 11.8 Å². The molecule has 1 aliphatic rings. The number of halogens is 3. The second-order valence-corrected chi connectivity index (χ2v) is 5.88. The number of nitrogens with zero attached hydrogens (tertiary/aromatic N) is 3. The first-order valence-electron chi connectivity index (χ1n) is 7.79. The molecule has 2 heterocycles. The Hall–Kier alpha value is -2.38. The van der Waals surface area contributed by atoms with Gasteiger partial charge in [0.1, 0.15) is 0 Å². The minimum atomic E-state index is -4.34. The molecule has 1 saturated carbocycles. The summed E-state index contributed by atoms with van der Waals surface area (Å²) in [7, 11) is 0. The van der Waals surface area contributed by atoms with Crippen LogP contribution in [0.25, 0.3) is 5.82 Å². The first-order valence-corrected chi connectivity index (χ1v) is 7.79. The zero-order valence-corrected chi connectivity index (χ0v) is 12.8. The van der Waals surface area contributed by atoms with Gasteiger partial charge >= 0.3 is 6.18 Å². The largest absolute Gasteiger partial charge is 0.392 e. The molecule has 0 aromatic carbocycles. The normalized spacial score (nSPS) is 21.5. The minimum Gasteiger partial charge on any atom is -0.324 e. The second-order valence-electron chi connectivity index (χ2n) is 5.88. The lowest BCUT2D eigenvalue weighted by molar-refractivity contribution is -0.197. The number of hydrogen-bond acceptors (Lipinski definition) is 3. The summed E-state index contributed by atoms with van der Waals surface area (Å²) in [5.41, 5.74) is 0.377. The van der Waals surface area contributed by atoms with Gasteiger partial charge in [0.2, 0.25) is 5.91 Å². The molecule has 1 aliphatic carbocycles. The standard InChI is InChI=1S/C16H17F3N4O/c17-16(18,19)13-5-2-1-4-12(13)15(24)22-11-6-7-14(20-10-11)23-9-3-8-21-23/h3,6-10,12-13H,1-2,4-5H2,(H,22,24)/t12-,13-/m1/s1. The van der Waals surface area contributed by atoms with Crippen molar-refractivity contribution in [1.82, 2.24) is 14.8 Å². The third-order valence-electron chi connectivity index (χ3n) is 4.28. The molecule has 2 aromatic heterocycles. The Labute approximate surface area is 136 Å². The van der Waals surface area contributed by atoms with Crippen molar-refractivity contribution >= 4 is 11.6 Å². The summed E-state index contributed by atoms with van der Waals surface area (Å²) in [6.07, 6.45) is 1.82. The number of carbonyl (C=O) groups is 1. The molecular weight excluding hydrogens is 321 g/mol. The number of amides is 1. The summed E-state index contributed by atoms with van der Waals surface area (Å²) in [4.78, 5) is 16.4. The Bertz CT molecular complexity index is 682. The molecule has 0 bridgehead atoms. The highest BCUT2D eigenvalue weighted by Gasteiger charge is 2.48. The summed E-state index contributed by atoms with van der Waals surface area (Å²) < 4.78 is 40.8. The van der Waals surface area contributed by atoms with Crippen molar-refractivity contribution in [2.75, 3.05) is 5.32 Å². The highest BCUT2D eigenvalue weighted by atomic mass is 19.4. The molecule has 5 nitrogen and oxygen atoms in total. The summed E-state index contributed by atoms with van der Waals surface area (Å²) in [5.74, 6) is -2.64. The average Bonchev–Trinajstić information content (AvgIpc) is 3.09. The monoisotopic (exact) mass is 338 g/mol. The minimum absolute atomic E-state index is 0.0120. The predicted molar refractivity (Wildman–Crippen MR) is 81.5 cm³/mol. The van der Waals surface area contributed by atoms with E-state index in [1.165, 1.54) is 6.20 Å². The molecule has 0 saturated heterocycles. The van der Waals surface area contributed by atoms with Crippen LogP contribution in [0.5, 0.6) is 0 Å². The van der Waals surface area contributed by atoms with E-state index in [0.717, 1.165) is 0 Å². The molecule has 2 aromatic rings. The highest BCUT2D eigenvalue weighted by molar-refractivity contribution is 5.92. The lowest BCUT2D eigenvalue weighted by atomic mass is 9.78. The number of aromatic nitrogens is 3. The van der Waals surface area contributed by atoms with E-state index in [2.05, 4.69) is 15.4 Å². The van der Waals surface area contributed by atoms with Gasteiger partial charge in [-0.2, -0.15) is 18.3 Å². The van der Waals surface area contributed by atoms with Crippen LogP contribution in [-0.2, 0) is 4.79 Å². The summed E-state index contributed by atoms with van der Waals surface area (Å²) in [6, 6.07) is 5.00. The van der Waals surface area contributed by atoms with Crippen molar-refractivity contribution < 1.29 is 18.0 Å². The number of anilines is 1. The van der Waals surface area contributed by atoms with E-state index in [-0.39, 0.29) is 12.8 Å². The lowest BCUT2D eigenvalue weighted by Crippen LogP contribution is -2.39. The van der Waals surface area contributed by atoms with Crippen LogP contribution in [0.3, 0.4) is 0 Å². The SMILES string of the molecule is O=C(Nc1ccc(-n2cccn2)nc1)[C@@H]1CCCC[C@H]1C(F)(F)F. The molecule has 8 heteroatoms. The van der Waals surface area contributed by atoms with E-state index >= 15 is 0 Å². The van der Waals surface area contributed by atoms with Crippen LogP contribution in [0.4, 0.5) is 18.9 Å². The van der Waals surface area contributed by atoms with Crippen molar-refractivity contribution in [3.63, 3.8) is 0 Å². The number of alkyl halides is 3. The molecule has 24 heavy (non-hydrogen) atoms. The summed E-state index contributed by atoms with van der Waals surface area (Å²) in [5, 5.41) is 6.58. The van der Waals surface area contributed by atoms with E-state index in [1.54, 1.807) is 35.3 Å². The number of pyridine rings is 1. The van der Waals surface area contributed by atoms with E-state index in [1.807, 2.05) is 0 Å². The lowest BCUT2D eigenvalue weighted by Gasteiger charge is -2.31. The van der Waals surface area contributed by atoms with E-state index in [0.29, 0.717) is 24.3 Å². The maximum atomic E-state index is 13.1. The Morgan fingerprint density at radius 2 is 2.04 bits per heavy atom. The van der Waals surface area contributed by atoms with Gasteiger partial charge < -0.3 is 5.32 Å². The van der Waals surface area contributed by atoms with Gasteiger partial charge in [-0.05, 0) is 31.0 Å². The predicted octanol–water partition coefficient (Wildman–Crippen LogP) is 3.57. The van der Waals surface area contributed by atoms with E-state index in [4.69, 9.17) is 0 Å². The molecule has 1 N–H and O–H groups in total. The molecule has 0 radical (unpaired) electrons. The molecule has 0 aliphatic heterocycles. The zero-order chi connectivity index (χ0) is 17.2. The molecule has 1 fully saturated rings. The average molecular weight is 338 g/mol. The number of rotatable bonds is 3. The first kappa shape index (κ1) is 16.5. The van der Waals surface area contributed by atoms with Crippen LogP contribution >= 0.6 is 0 Å². The van der Waals surface area contributed by atoms with Gasteiger partial charge in [0.05, 0.1) is 17.8 Å². The Morgan fingerprint density at radius 1 is 1.25 bits per heavy atom. The van der Waals surface area contributed by atoms with E-state index < -0.39 is 23.9 Å². The van der Waals surface area contributed by atoms with Crippen LogP contribution in [0.2, 0.25) is 0 Å². The van der Waals surface area contributed by atoms with Crippen molar-refractivity contribution in [3.8, 4) is 5.82 Å². The fraction of sp³-hybridized carbons (Fsp3) is 0.438. The van der Waals surface area contributed by atoms with Gasteiger partial charge in [0.25, 0.3) is 0 Å². The molecule has 3 rings (SSSR count). The molecule has 2 atom stereocenters. The third kappa shape index (κ3) is 3.58. The second kappa shape index (κ2) is 6.62. The van der Waals surface area contributed by atoms with Gasteiger partial charge in [-0.25, -0.2) is 9.67 Å². The fourth-order valence-corrected chi connectivity index (χ4v) is 3.07. The molecule has 0 spiro atoms. The summed E-state index contributed by atoms with van der Waals surface area (Å²) >= 11 is 0. The number of carbonyl (C=O) groups excluding carboxylic acids is 1. The number of hydrogen-bond donors (Lipinski definition) is 1. The van der Waals surface area contributed by atoms with E-state index in [9.17, 15) is 18.0 Å². The molecule has 0 unspecified atom stereocenters. The van der Waals surface area contributed by atoms with Gasteiger partial charge in [0, 0.05) is 18.3 Å². The summed E-state index contributed by atoms with van der Waals surface area (Å²) in [6.45, 7) is 0. The molecule has 128 valence electrons. The Balaban J connectivity index is 1.69. The highest BCUT2D eigenvalue weighted by Crippen LogP contribution is 2.41. The van der Waals surface area contributed by atoms with Crippen molar-refractivity contribution in [2.45, 2.75) is 31.9 Å². The smallest absolute Gasteiger partial charge is 0.324 e. The Kier molecular flexibility index (Phi) is 4.55. The van der Waals surface area contributed by atoms with Gasteiger partial charge in [-0.3, -0.25) is 4.79 Å². The van der Waals surface area contributed by atoms with Gasteiger partial charge in [-0.15, -0.1) is 0 Å². The maximum absolute atomic E-state index is 13.1. The number of nitrogens with one attached hydrogen (secondary N) is 1. The van der Waals surface area contributed by atoms with Crippen LogP contribution in [0.1, 0.15) is 25.7 Å².